The molecule has 0 unspecified atom stereocenters. The molecule has 0 radical (unpaired) electrons. The number of aromatic amines is 1. The van der Waals surface area contributed by atoms with Crippen molar-refractivity contribution < 1.29 is 4.79 Å². The Balaban J connectivity index is 1.45. The summed E-state index contributed by atoms with van der Waals surface area (Å²) in [6.07, 6.45) is 1.61. The number of nitrogens with zero attached hydrogens (tertiary/aromatic N) is 2. The van der Waals surface area contributed by atoms with E-state index in [0.29, 0.717) is 11.4 Å². The van der Waals surface area contributed by atoms with Gasteiger partial charge in [0.15, 0.2) is 0 Å². The zero-order chi connectivity index (χ0) is 18.5. The Kier molecular flexibility index (Phi) is 4.89. The summed E-state index contributed by atoms with van der Waals surface area (Å²) in [4.78, 5) is 13.1. The van der Waals surface area contributed by atoms with Gasteiger partial charge in [-0.1, -0.05) is 60.7 Å². The molecule has 1 amide bonds. The highest BCUT2D eigenvalue weighted by Gasteiger charge is 2.10. The van der Waals surface area contributed by atoms with Crippen LogP contribution in [0.25, 0.3) is 22.4 Å². The second-order valence-corrected chi connectivity index (χ2v) is 6.80. The number of amides is 1. The third kappa shape index (κ3) is 4.02. The van der Waals surface area contributed by atoms with Crippen molar-refractivity contribution >= 4 is 23.5 Å². The topological polar surface area (TPSA) is 70.1 Å². The van der Waals surface area contributed by atoms with Gasteiger partial charge in [-0.3, -0.25) is 9.89 Å². The van der Waals surface area contributed by atoms with Crippen molar-refractivity contribution in [3.05, 3.63) is 88.7 Å². The number of hydrogen-bond donors (Lipinski definition) is 2. The Labute approximate surface area is 160 Å². The van der Waals surface area contributed by atoms with Gasteiger partial charge in [-0.05, 0) is 28.6 Å². The fourth-order valence-electron chi connectivity index (χ4n) is 2.63. The minimum absolute atomic E-state index is 0.331. The fourth-order valence-corrected chi connectivity index (χ4v) is 3.21. The Morgan fingerprint density at radius 1 is 0.963 bits per heavy atom. The van der Waals surface area contributed by atoms with Gasteiger partial charge in [0.1, 0.15) is 5.69 Å². The van der Waals surface area contributed by atoms with Crippen LogP contribution in [0.2, 0.25) is 0 Å². The third-order valence-electron chi connectivity index (χ3n) is 4.01. The van der Waals surface area contributed by atoms with Crippen molar-refractivity contribution in [1.82, 2.24) is 15.6 Å². The molecule has 0 bridgehead atoms. The maximum Gasteiger partial charge on any atom is 0.289 e. The predicted molar refractivity (Wildman–Crippen MR) is 109 cm³/mol. The summed E-state index contributed by atoms with van der Waals surface area (Å²) in [5, 5.41) is 12.9. The standard InChI is InChI=1S/C21H16N4OS/c26-21(25-22-14-18-7-4-12-27-18)20-13-19(23-24-20)17-10-8-16(9-11-17)15-5-2-1-3-6-15/h1-14H,(H,23,24)(H,25,26). The molecule has 5 nitrogen and oxygen atoms in total. The van der Waals surface area contributed by atoms with Crippen molar-refractivity contribution in [1.29, 1.82) is 0 Å². The van der Waals surface area contributed by atoms with Crippen LogP contribution in [-0.2, 0) is 0 Å². The highest BCUT2D eigenvalue weighted by atomic mass is 32.1. The quantitative estimate of drug-likeness (QED) is 0.398. The van der Waals surface area contributed by atoms with E-state index in [1.165, 1.54) is 0 Å². The van der Waals surface area contributed by atoms with Crippen LogP contribution in [0.4, 0.5) is 0 Å². The van der Waals surface area contributed by atoms with E-state index in [-0.39, 0.29) is 5.91 Å². The number of hydrogen-bond acceptors (Lipinski definition) is 4. The Morgan fingerprint density at radius 3 is 2.44 bits per heavy atom. The van der Waals surface area contributed by atoms with E-state index in [1.54, 1.807) is 23.6 Å². The highest BCUT2D eigenvalue weighted by molar-refractivity contribution is 7.11. The number of carbonyl (C=O) groups is 1. The van der Waals surface area contributed by atoms with Crippen LogP contribution in [-0.4, -0.2) is 22.3 Å². The predicted octanol–water partition coefficient (Wildman–Crippen LogP) is 4.57. The molecule has 2 heterocycles. The first kappa shape index (κ1) is 16.9. The molecule has 0 aliphatic heterocycles. The third-order valence-corrected chi connectivity index (χ3v) is 4.82. The number of aromatic nitrogens is 2. The first-order valence-electron chi connectivity index (χ1n) is 8.38. The van der Waals surface area contributed by atoms with Gasteiger partial charge in [-0.15, -0.1) is 11.3 Å². The van der Waals surface area contributed by atoms with Gasteiger partial charge in [0.2, 0.25) is 0 Å². The van der Waals surface area contributed by atoms with E-state index in [4.69, 9.17) is 0 Å². The Morgan fingerprint density at radius 2 is 1.70 bits per heavy atom. The van der Waals surface area contributed by atoms with Crippen molar-refractivity contribution in [2.45, 2.75) is 0 Å². The lowest BCUT2D eigenvalue weighted by molar-refractivity contribution is 0.0950. The fraction of sp³-hybridized carbons (Fsp3) is 0. The summed E-state index contributed by atoms with van der Waals surface area (Å²) in [7, 11) is 0. The second kappa shape index (κ2) is 7.80. The molecule has 0 saturated carbocycles. The van der Waals surface area contributed by atoms with E-state index in [0.717, 1.165) is 21.6 Å². The first-order chi connectivity index (χ1) is 13.3. The number of benzene rings is 2. The average Bonchev–Trinajstić information content (AvgIpc) is 3.41. The summed E-state index contributed by atoms with van der Waals surface area (Å²) >= 11 is 1.55. The average molecular weight is 372 g/mol. The normalized spacial score (nSPS) is 11.0. The van der Waals surface area contributed by atoms with E-state index >= 15 is 0 Å². The van der Waals surface area contributed by atoms with Crippen LogP contribution < -0.4 is 5.43 Å². The van der Waals surface area contributed by atoms with Gasteiger partial charge in [-0.2, -0.15) is 10.2 Å². The van der Waals surface area contributed by atoms with Crippen LogP contribution in [0.15, 0.2) is 83.3 Å². The number of H-pyrrole nitrogens is 1. The molecule has 4 rings (SSSR count). The molecule has 6 heteroatoms. The number of carbonyl (C=O) groups excluding carboxylic acids is 1. The molecular formula is C21H16N4OS. The van der Waals surface area contributed by atoms with Crippen LogP contribution >= 0.6 is 11.3 Å². The molecule has 2 N–H and O–H groups in total. The number of nitrogens with one attached hydrogen (secondary N) is 2. The van der Waals surface area contributed by atoms with Crippen molar-refractivity contribution in [3.8, 4) is 22.4 Å². The summed E-state index contributed by atoms with van der Waals surface area (Å²) < 4.78 is 0. The molecule has 2 aromatic carbocycles. The monoisotopic (exact) mass is 372 g/mol. The summed E-state index contributed by atoms with van der Waals surface area (Å²) in [5.41, 5.74) is 6.80. The molecular weight excluding hydrogens is 356 g/mol. The minimum atomic E-state index is -0.331. The summed E-state index contributed by atoms with van der Waals surface area (Å²) in [6.45, 7) is 0. The van der Waals surface area contributed by atoms with Gasteiger partial charge < -0.3 is 0 Å². The van der Waals surface area contributed by atoms with Gasteiger partial charge in [0.05, 0.1) is 11.9 Å². The molecule has 0 spiro atoms. The maximum absolute atomic E-state index is 12.2. The van der Waals surface area contributed by atoms with Crippen LogP contribution in [0.3, 0.4) is 0 Å². The molecule has 0 atom stereocenters. The molecule has 0 fully saturated rings. The van der Waals surface area contributed by atoms with Crippen LogP contribution in [0.5, 0.6) is 0 Å². The first-order valence-corrected chi connectivity index (χ1v) is 9.26. The van der Waals surface area contributed by atoms with E-state index in [1.807, 2.05) is 60.0 Å². The lowest BCUT2D eigenvalue weighted by Crippen LogP contribution is -2.17. The molecule has 132 valence electrons. The van der Waals surface area contributed by atoms with Gasteiger partial charge in [0.25, 0.3) is 5.91 Å². The smallest absolute Gasteiger partial charge is 0.272 e. The minimum Gasteiger partial charge on any atom is -0.272 e. The largest absolute Gasteiger partial charge is 0.289 e. The van der Waals surface area contributed by atoms with E-state index < -0.39 is 0 Å². The summed E-state index contributed by atoms with van der Waals surface area (Å²) in [6, 6.07) is 23.8. The van der Waals surface area contributed by atoms with Gasteiger partial charge in [-0.25, -0.2) is 5.43 Å². The molecule has 4 aromatic rings. The highest BCUT2D eigenvalue weighted by Crippen LogP contribution is 2.24. The van der Waals surface area contributed by atoms with Crippen LogP contribution in [0.1, 0.15) is 15.4 Å². The van der Waals surface area contributed by atoms with Crippen LogP contribution in [0, 0.1) is 0 Å². The van der Waals surface area contributed by atoms with Crippen molar-refractivity contribution in [2.75, 3.05) is 0 Å². The second-order valence-electron chi connectivity index (χ2n) is 5.82. The zero-order valence-electron chi connectivity index (χ0n) is 14.3. The molecule has 0 saturated heterocycles. The van der Waals surface area contributed by atoms with Crippen molar-refractivity contribution in [2.24, 2.45) is 5.10 Å². The molecule has 0 aliphatic carbocycles. The number of thiophene rings is 1. The number of hydrazone groups is 1. The maximum atomic E-state index is 12.2. The van der Waals surface area contributed by atoms with E-state index in [9.17, 15) is 4.79 Å². The Bertz CT molecular complexity index is 1050. The number of rotatable bonds is 5. The Hall–Kier alpha value is -3.51. The SMILES string of the molecule is O=C(NN=Cc1cccs1)c1cc(-c2ccc(-c3ccccc3)cc2)n[nH]1. The van der Waals surface area contributed by atoms with Crippen molar-refractivity contribution in [3.63, 3.8) is 0 Å². The molecule has 0 aliphatic rings. The molecule has 27 heavy (non-hydrogen) atoms. The van der Waals surface area contributed by atoms with Gasteiger partial charge in [0, 0.05) is 10.4 Å². The lowest BCUT2D eigenvalue weighted by atomic mass is 10.0. The summed E-state index contributed by atoms with van der Waals surface area (Å²) in [5.74, 6) is -0.331. The zero-order valence-corrected chi connectivity index (χ0v) is 15.1. The van der Waals surface area contributed by atoms with E-state index in [2.05, 4.69) is 32.9 Å². The molecule has 2 aromatic heterocycles. The lowest BCUT2D eigenvalue weighted by Gasteiger charge is -2.02. The van der Waals surface area contributed by atoms with Gasteiger partial charge >= 0.3 is 0 Å².